The van der Waals surface area contributed by atoms with Gasteiger partial charge in [0, 0.05) is 18.1 Å². The van der Waals surface area contributed by atoms with E-state index in [9.17, 15) is 4.79 Å². The monoisotopic (exact) mass is 327 g/mol. The number of carbonyl (C=O) groups is 1. The van der Waals surface area contributed by atoms with Crippen molar-refractivity contribution in [3.8, 4) is 0 Å². The number of likely N-dealkylation sites (N-methyl/N-ethyl adjacent to an activating group) is 1. The minimum atomic E-state index is 0.0190. The fourth-order valence-corrected chi connectivity index (χ4v) is 2.11. The minimum Gasteiger partial charge on any atom is -0.397 e. The quantitative estimate of drug-likeness (QED) is 0.789. The van der Waals surface area contributed by atoms with Gasteiger partial charge in [-0.25, -0.2) is 0 Å². The molecule has 0 bridgehead atoms. The highest BCUT2D eigenvalue weighted by Gasteiger charge is 2.10. The number of hydrogen-bond acceptors (Lipinski definition) is 3. The van der Waals surface area contributed by atoms with Gasteiger partial charge in [-0.1, -0.05) is 29.8 Å². The Bertz CT molecular complexity index is 435. The molecule has 4 nitrogen and oxygen atoms in total. The van der Waals surface area contributed by atoms with Crippen LogP contribution in [0.2, 0.25) is 0 Å². The zero-order chi connectivity index (χ0) is 14.4. The molecule has 0 fully saturated rings. The van der Waals surface area contributed by atoms with Crippen LogP contribution in [0.3, 0.4) is 0 Å². The summed E-state index contributed by atoms with van der Waals surface area (Å²) in [5, 5.41) is 2.91. The molecule has 0 aliphatic carbocycles. The summed E-state index contributed by atoms with van der Waals surface area (Å²) in [6.07, 6.45) is 0.996. The third-order valence-corrected chi connectivity index (χ3v) is 3.32. The predicted octanol–water partition coefficient (Wildman–Crippen LogP) is 2.63. The molecule has 0 unspecified atom stereocenters. The van der Waals surface area contributed by atoms with Crippen LogP contribution >= 0.6 is 15.9 Å². The van der Waals surface area contributed by atoms with Gasteiger partial charge in [-0.05, 0) is 30.5 Å². The van der Waals surface area contributed by atoms with E-state index in [1.165, 1.54) is 0 Å². The van der Waals surface area contributed by atoms with Crippen molar-refractivity contribution in [1.29, 1.82) is 0 Å². The summed E-state index contributed by atoms with van der Waals surface area (Å²) in [4.78, 5) is 13.6. The lowest BCUT2D eigenvalue weighted by atomic mass is 10.1. The maximum Gasteiger partial charge on any atom is 0.239 e. The van der Waals surface area contributed by atoms with Gasteiger partial charge in [0.2, 0.25) is 5.91 Å². The van der Waals surface area contributed by atoms with Crippen LogP contribution in [0.25, 0.3) is 0 Å². The van der Waals surface area contributed by atoms with Crippen LogP contribution in [0.1, 0.15) is 20.3 Å². The fraction of sp³-hybridized carbons (Fsp3) is 0.500. The summed E-state index contributed by atoms with van der Waals surface area (Å²) < 4.78 is 0.934. The molecule has 0 radical (unpaired) electrons. The average molecular weight is 328 g/mol. The number of halogens is 1. The number of nitrogens with two attached hydrogens (primary N) is 1. The highest BCUT2D eigenvalue weighted by molar-refractivity contribution is 9.10. The van der Waals surface area contributed by atoms with Crippen LogP contribution in [0.4, 0.5) is 11.4 Å². The average Bonchev–Trinajstić information content (AvgIpc) is 2.27. The van der Waals surface area contributed by atoms with Crippen LogP contribution in [0.15, 0.2) is 22.7 Å². The summed E-state index contributed by atoms with van der Waals surface area (Å²) in [7, 11) is 1.86. The number of hydrogen-bond donors (Lipinski definition) is 2. The zero-order valence-electron chi connectivity index (χ0n) is 11.7. The Morgan fingerprint density at radius 2 is 2.16 bits per heavy atom. The van der Waals surface area contributed by atoms with Crippen molar-refractivity contribution >= 4 is 33.2 Å². The first kappa shape index (κ1) is 15.8. The molecule has 1 aromatic rings. The van der Waals surface area contributed by atoms with Gasteiger partial charge in [-0.2, -0.15) is 0 Å². The zero-order valence-corrected chi connectivity index (χ0v) is 13.3. The lowest BCUT2D eigenvalue weighted by Crippen LogP contribution is -2.36. The van der Waals surface area contributed by atoms with E-state index in [-0.39, 0.29) is 5.91 Å². The molecule has 0 aliphatic rings. The van der Waals surface area contributed by atoms with E-state index < -0.39 is 0 Å². The SMILES string of the molecule is CC(C)CCNC(=O)CN(C)c1ccc(Br)cc1N. The van der Waals surface area contributed by atoms with Crippen molar-refractivity contribution in [3.05, 3.63) is 22.7 Å². The number of carbonyl (C=O) groups excluding carboxylic acids is 1. The van der Waals surface area contributed by atoms with Crippen molar-refractivity contribution in [2.45, 2.75) is 20.3 Å². The van der Waals surface area contributed by atoms with Gasteiger partial charge in [-0.3, -0.25) is 4.79 Å². The third kappa shape index (κ3) is 5.51. The van der Waals surface area contributed by atoms with Crippen LogP contribution in [-0.2, 0) is 4.79 Å². The molecular formula is C14H22BrN3O. The molecule has 3 N–H and O–H groups in total. The molecule has 0 aromatic heterocycles. The van der Waals surface area contributed by atoms with Crippen molar-refractivity contribution in [2.75, 3.05) is 30.8 Å². The fourth-order valence-electron chi connectivity index (χ4n) is 1.73. The molecule has 0 saturated carbocycles. The van der Waals surface area contributed by atoms with E-state index in [0.717, 1.165) is 23.1 Å². The first-order chi connectivity index (χ1) is 8.90. The van der Waals surface area contributed by atoms with E-state index >= 15 is 0 Å². The molecule has 1 rings (SSSR count). The van der Waals surface area contributed by atoms with Gasteiger partial charge in [0.1, 0.15) is 0 Å². The smallest absolute Gasteiger partial charge is 0.239 e. The summed E-state index contributed by atoms with van der Waals surface area (Å²) in [5.74, 6) is 0.616. The summed E-state index contributed by atoms with van der Waals surface area (Å²) >= 11 is 3.37. The molecule has 5 heteroatoms. The number of anilines is 2. The van der Waals surface area contributed by atoms with E-state index in [0.29, 0.717) is 18.2 Å². The molecule has 0 aliphatic heterocycles. The van der Waals surface area contributed by atoms with Crippen LogP contribution < -0.4 is 16.0 Å². The Morgan fingerprint density at radius 1 is 1.47 bits per heavy atom. The van der Waals surface area contributed by atoms with Crippen LogP contribution in [0.5, 0.6) is 0 Å². The van der Waals surface area contributed by atoms with Crippen molar-refractivity contribution < 1.29 is 4.79 Å². The Labute approximate surface area is 123 Å². The first-order valence-electron chi connectivity index (χ1n) is 6.43. The highest BCUT2D eigenvalue weighted by Crippen LogP contribution is 2.25. The number of benzene rings is 1. The standard InChI is InChI=1S/C14H22BrN3O/c1-10(2)6-7-17-14(19)9-18(3)13-5-4-11(15)8-12(13)16/h4-5,8,10H,6-7,9,16H2,1-3H3,(H,17,19). The number of nitrogens with one attached hydrogen (secondary N) is 1. The van der Waals surface area contributed by atoms with E-state index in [1.54, 1.807) is 0 Å². The number of nitrogens with zero attached hydrogens (tertiary/aromatic N) is 1. The summed E-state index contributed by atoms with van der Waals surface area (Å²) in [5.41, 5.74) is 7.46. The maximum absolute atomic E-state index is 11.8. The molecule has 1 aromatic carbocycles. The van der Waals surface area contributed by atoms with Crippen molar-refractivity contribution in [3.63, 3.8) is 0 Å². The molecule has 0 heterocycles. The second-order valence-corrected chi connectivity index (χ2v) is 6.01. The minimum absolute atomic E-state index is 0.0190. The van der Waals surface area contributed by atoms with Crippen LogP contribution in [-0.4, -0.2) is 26.0 Å². The van der Waals surface area contributed by atoms with Crippen molar-refractivity contribution in [2.24, 2.45) is 5.92 Å². The summed E-state index contributed by atoms with van der Waals surface area (Å²) in [6.45, 7) is 5.31. The predicted molar refractivity (Wildman–Crippen MR) is 84.3 cm³/mol. The lowest BCUT2D eigenvalue weighted by Gasteiger charge is -2.20. The number of rotatable bonds is 6. The maximum atomic E-state index is 11.8. The Balaban J connectivity index is 2.49. The second kappa shape index (κ2) is 7.38. The van der Waals surface area contributed by atoms with Crippen LogP contribution in [0, 0.1) is 5.92 Å². The Hall–Kier alpha value is -1.23. The van der Waals surface area contributed by atoms with Gasteiger partial charge in [0.05, 0.1) is 17.9 Å². The first-order valence-corrected chi connectivity index (χ1v) is 7.22. The summed E-state index contributed by atoms with van der Waals surface area (Å²) in [6, 6.07) is 5.65. The molecule has 106 valence electrons. The van der Waals surface area contributed by atoms with Gasteiger partial charge in [-0.15, -0.1) is 0 Å². The topological polar surface area (TPSA) is 58.4 Å². The third-order valence-electron chi connectivity index (χ3n) is 2.83. The molecular weight excluding hydrogens is 306 g/mol. The normalized spacial score (nSPS) is 10.6. The molecule has 1 amide bonds. The van der Waals surface area contributed by atoms with E-state index in [2.05, 4.69) is 35.1 Å². The van der Waals surface area contributed by atoms with E-state index in [4.69, 9.17) is 5.73 Å². The highest BCUT2D eigenvalue weighted by atomic mass is 79.9. The molecule has 0 spiro atoms. The Kier molecular flexibility index (Phi) is 6.15. The van der Waals surface area contributed by atoms with Gasteiger partial charge in [0.15, 0.2) is 0 Å². The number of amides is 1. The second-order valence-electron chi connectivity index (χ2n) is 5.09. The van der Waals surface area contributed by atoms with Crippen molar-refractivity contribution in [1.82, 2.24) is 5.32 Å². The molecule has 19 heavy (non-hydrogen) atoms. The lowest BCUT2D eigenvalue weighted by molar-refractivity contribution is -0.119. The Morgan fingerprint density at radius 3 is 2.74 bits per heavy atom. The van der Waals surface area contributed by atoms with Gasteiger partial charge in [0.25, 0.3) is 0 Å². The van der Waals surface area contributed by atoms with E-state index in [1.807, 2.05) is 30.1 Å². The molecule has 0 saturated heterocycles. The molecule has 0 atom stereocenters. The largest absolute Gasteiger partial charge is 0.397 e. The van der Waals surface area contributed by atoms with Gasteiger partial charge >= 0.3 is 0 Å². The number of nitrogen functional groups attached to an aromatic ring is 1. The van der Waals surface area contributed by atoms with Gasteiger partial charge < -0.3 is 16.0 Å².